The summed E-state index contributed by atoms with van der Waals surface area (Å²) in [5, 5.41) is -1.08. The van der Waals surface area contributed by atoms with E-state index in [1.807, 2.05) is 0 Å². The molecule has 0 saturated heterocycles. The molecule has 0 aromatic heterocycles. The van der Waals surface area contributed by atoms with Crippen LogP contribution in [0, 0.1) is 0 Å². The molecule has 0 bridgehead atoms. The Hall–Kier alpha value is -1.03. The molecular formula is C5H6ClNO3. The summed E-state index contributed by atoms with van der Waals surface area (Å²) in [4.78, 5) is 20.4. The predicted octanol–water partition coefficient (Wildman–Crippen LogP) is -0.233. The van der Waals surface area contributed by atoms with Crippen molar-refractivity contribution in [3.63, 3.8) is 0 Å². The minimum atomic E-state index is -1.08. The molecule has 0 radical (unpaired) electrons. The molecule has 0 aromatic carbocycles. The Morgan fingerprint density at radius 2 is 2.10 bits per heavy atom. The summed E-state index contributed by atoms with van der Waals surface area (Å²) in [6, 6.07) is 0. The van der Waals surface area contributed by atoms with Crippen molar-refractivity contribution in [3.05, 3.63) is 12.0 Å². The lowest BCUT2D eigenvalue weighted by atomic mass is 10.4. The van der Waals surface area contributed by atoms with E-state index in [0.29, 0.717) is 0 Å². The highest BCUT2D eigenvalue weighted by molar-refractivity contribution is 6.82. The molecule has 0 atom stereocenters. The van der Waals surface area contributed by atoms with Gasteiger partial charge in [0.05, 0.1) is 13.2 Å². The summed E-state index contributed by atoms with van der Waals surface area (Å²) < 4.78 is 4.38. The second-order valence-corrected chi connectivity index (χ2v) is 1.73. The monoisotopic (exact) mass is 163 g/mol. The molecule has 5 heteroatoms. The van der Waals surface area contributed by atoms with Crippen LogP contribution in [0.3, 0.4) is 0 Å². The van der Waals surface area contributed by atoms with Gasteiger partial charge in [0.2, 0.25) is 5.78 Å². The number of ether oxygens (including phenoxy) is 1. The Balaban J connectivity index is 4.13. The Bertz CT molecular complexity index is 187. The molecule has 0 aliphatic carbocycles. The number of hydrogen-bond acceptors (Lipinski definition) is 4. The normalized spacial score (nSPS) is 10.8. The van der Waals surface area contributed by atoms with Crippen LogP contribution >= 0.6 is 11.6 Å². The third kappa shape index (κ3) is 3.09. The first-order valence-corrected chi connectivity index (χ1v) is 2.70. The number of carbonyl (C=O) groups is 2. The van der Waals surface area contributed by atoms with E-state index in [2.05, 4.69) is 4.74 Å². The second-order valence-electron chi connectivity index (χ2n) is 1.39. The van der Waals surface area contributed by atoms with Crippen molar-refractivity contribution in [2.45, 2.75) is 0 Å². The third-order valence-corrected chi connectivity index (χ3v) is 0.889. The van der Waals surface area contributed by atoms with Crippen molar-refractivity contribution < 1.29 is 14.3 Å². The maximum Gasteiger partial charge on any atom is 0.292 e. The van der Waals surface area contributed by atoms with Crippen LogP contribution in [-0.2, 0) is 14.3 Å². The van der Waals surface area contributed by atoms with Gasteiger partial charge in [-0.25, -0.2) is 0 Å². The summed E-state index contributed by atoms with van der Waals surface area (Å²) in [6.07, 6.45) is 0.815. The third-order valence-electron chi connectivity index (χ3n) is 0.703. The van der Waals surface area contributed by atoms with E-state index < -0.39 is 11.0 Å². The quantitative estimate of drug-likeness (QED) is 0.270. The lowest BCUT2D eigenvalue weighted by molar-refractivity contribution is -0.129. The number of carbonyl (C=O) groups excluding carboxylic acids is 2. The van der Waals surface area contributed by atoms with Crippen LogP contribution in [0.2, 0.25) is 0 Å². The summed E-state index contributed by atoms with van der Waals surface area (Å²) in [5.74, 6) is -1.03. The molecule has 0 saturated carbocycles. The van der Waals surface area contributed by atoms with Crippen LogP contribution in [0.1, 0.15) is 0 Å². The highest BCUT2D eigenvalue weighted by Crippen LogP contribution is 1.89. The van der Waals surface area contributed by atoms with Crippen molar-refractivity contribution >= 4 is 22.6 Å². The van der Waals surface area contributed by atoms with E-state index in [1.165, 1.54) is 7.11 Å². The van der Waals surface area contributed by atoms with E-state index in [9.17, 15) is 9.59 Å². The van der Waals surface area contributed by atoms with Crippen molar-refractivity contribution in [2.75, 3.05) is 7.11 Å². The first-order valence-electron chi connectivity index (χ1n) is 2.33. The zero-order valence-electron chi connectivity index (χ0n) is 5.26. The first-order chi connectivity index (χ1) is 4.57. The number of rotatable bonds is 3. The van der Waals surface area contributed by atoms with Crippen LogP contribution in [0.5, 0.6) is 0 Å². The Morgan fingerprint density at radius 1 is 1.60 bits per heavy atom. The first kappa shape index (κ1) is 8.97. The number of allylic oxidation sites excluding steroid dienone is 1. The van der Waals surface area contributed by atoms with Gasteiger partial charge in [-0.1, -0.05) is 0 Å². The van der Waals surface area contributed by atoms with E-state index in [1.54, 1.807) is 0 Å². The van der Waals surface area contributed by atoms with E-state index >= 15 is 0 Å². The Morgan fingerprint density at radius 3 is 2.40 bits per heavy atom. The van der Waals surface area contributed by atoms with Gasteiger partial charge in [-0.05, 0) is 11.6 Å². The average Bonchev–Trinajstić information content (AvgIpc) is 1.87. The summed E-state index contributed by atoms with van der Waals surface area (Å²) in [5.41, 5.74) is 5.02. The number of hydrogen-bond donors (Lipinski definition) is 1. The molecule has 10 heavy (non-hydrogen) atoms. The standard InChI is InChI=1S/C5H6ClNO3/c1-10-4(7)2-3(8)5(6)9/h2H,7H2,1H3. The van der Waals surface area contributed by atoms with Crippen LogP contribution in [0.4, 0.5) is 0 Å². The van der Waals surface area contributed by atoms with Gasteiger partial charge in [0.15, 0.2) is 5.88 Å². The van der Waals surface area contributed by atoms with E-state index in [4.69, 9.17) is 17.3 Å². The number of ketones is 1. The van der Waals surface area contributed by atoms with Gasteiger partial charge in [-0.2, -0.15) is 0 Å². The Labute approximate surface area is 62.6 Å². The van der Waals surface area contributed by atoms with Gasteiger partial charge in [0, 0.05) is 0 Å². The average molecular weight is 164 g/mol. The molecule has 0 spiro atoms. The largest absolute Gasteiger partial charge is 0.483 e. The maximum absolute atomic E-state index is 10.4. The predicted molar refractivity (Wildman–Crippen MR) is 35.1 cm³/mol. The molecule has 0 heterocycles. The van der Waals surface area contributed by atoms with Gasteiger partial charge in [0.25, 0.3) is 5.24 Å². The Kier molecular flexibility index (Phi) is 3.49. The lowest BCUT2D eigenvalue weighted by Gasteiger charge is -1.94. The minimum Gasteiger partial charge on any atom is -0.483 e. The van der Waals surface area contributed by atoms with Gasteiger partial charge < -0.3 is 10.5 Å². The smallest absolute Gasteiger partial charge is 0.292 e. The fraction of sp³-hybridized carbons (Fsp3) is 0.200. The van der Waals surface area contributed by atoms with Crippen LogP contribution in [0.15, 0.2) is 12.0 Å². The van der Waals surface area contributed by atoms with Gasteiger partial charge >= 0.3 is 0 Å². The molecule has 4 nitrogen and oxygen atoms in total. The van der Waals surface area contributed by atoms with Gasteiger partial charge in [0.1, 0.15) is 0 Å². The van der Waals surface area contributed by atoms with Crippen LogP contribution < -0.4 is 5.73 Å². The number of nitrogens with two attached hydrogens (primary N) is 1. The molecule has 0 rings (SSSR count). The second kappa shape index (κ2) is 3.90. The van der Waals surface area contributed by atoms with Crippen molar-refractivity contribution in [2.24, 2.45) is 5.73 Å². The molecule has 0 aliphatic heterocycles. The molecule has 0 aliphatic rings. The van der Waals surface area contributed by atoms with E-state index in [-0.39, 0.29) is 5.88 Å². The van der Waals surface area contributed by atoms with E-state index in [0.717, 1.165) is 6.08 Å². The molecule has 0 fully saturated rings. The van der Waals surface area contributed by atoms with Crippen LogP contribution in [0.25, 0.3) is 0 Å². The van der Waals surface area contributed by atoms with Gasteiger partial charge in [-0.15, -0.1) is 0 Å². The minimum absolute atomic E-state index is 0.140. The zero-order valence-corrected chi connectivity index (χ0v) is 6.01. The molecule has 0 amide bonds. The number of methoxy groups -OCH3 is 1. The highest BCUT2D eigenvalue weighted by Gasteiger charge is 2.06. The van der Waals surface area contributed by atoms with Gasteiger partial charge in [-0.3, -0.25) is 9.59 Å². The topological polar surface area (TPSA) is 69.4 Å². The summed E-state index contributed by atoms with van der Waals surface area (Å²) in [6.45, 7) is 0. The maximum atomic E-state index is 10.4. The summed E-state index contributed by atoms with van der Waals surface area (Å²) in [7, 11) is 1.28. The fourth-order valence-electron chi connectivity index (χ4n) is 0.245. The zero-order chi connectivity index (χ0) is 8.15. The molecule has 2 N–H and O–H groups in total. The van der Waals surface area contributed by atoms with Crippen molar-refractivity contribution in [1.29, 1.82) is 0 Å². The van der Waals surface area contributed by atoms with Crippen LogP contribution in [-0.4, -0.2) is 18.1 Å². The van der Waals surface area contributed by atoms with Crippen molar-refractivity contribution in [1.82, 2.24) is 0 Å². The molecular weight excluding hydrogens is 158 g/mol. The SMILES string of the molecule is COC(N)=CC(=O)C(=O)Cl. The fourth-order valence-corrected chi connectivity index (χ4v) is 0.299. The number of halogens is 1. The molecule has 0 unspecified atom stereocenters. The van der Waals surface area contributed by atoms with Crippen molar-refractivity contribution in [3.8, 4) is 0 Å². The molecule has 56 valence electrons. The molecule has 0 aromatic rings. The highest BCUT2D eigenvalue weighted by atomic mass is 35.5. The summed E-state index contributed by atoms with van der Waals surface area (Å²) >= 11 is 4.79. The lowest BCUT2D eigenvalue weighted by Crippen LogP contribution is -2.08.